The maximum absolute atomic E-state index is 12.3. The summed E-state index contributed by atoms with van der Waals surface area (Å²) in [4.78, 5) is 35.6. The Hall–Kier alpha value is -3.47. The Kier molecular flexibility index (Phi) is 5.12. The second-order valence-electron chi connectivity index (χ2n) is 7.39. The molecule has 0 saturated carbocycles. The van der Waals surface area contributed by atoms with E-state index >= 15 is 0 Å². The molecule has 29 heavy (non-hydrogen) atoms. The van der Waals surface area contributed by atoms with Gasteiger partial charge in [-0.3, -0.25) is 19.7 Å². The number of amides is 2. The van der Waals surface area contributed by atoms with Crippen molar-refractivity contribution in [3.05, 3.63) is 93.9 Å². The number of piperidine rings is 1. The van der Waals surface area contributed by atoms with Gasteiger partial charge in [0.15, 0.2) is 0 Å². The van der Waals surface area contributed by atoms with Crippen LogP contribution in [0.1, 0.15) is 35.4 Å². The third-order valence-corrected chi connectivity index (χ3v) is 5.51. The number of hydrogen-bond acceptors (Lipinski definition) is 3. The minimum Gasteiger partial charge on any atom is -0.311 e. The fourth-order valence-corrected chi connectivity index (χ4v) is 3.91. The number of carbonyl (C=O) groups is 2. The zero-order valence-electron chi connectivity index (χ0n) is 16.2. The summed E-state index contributed by atoms with van der Waals surface area (Å²) in [5.74, 6) is -0.713. The molecule has 0 radical (unpaired) electrons. The Bertz CT molecular complexity index is 1130. The quantitative estimate of drug-likeness (QED) is 0.699. The number of aromatic nitrogens is 1. The molecule has 1 aliphatic rings. The Balaban J connectivity index is 1.60. The summed E-state index contributed by atoms with van der Waals surface area (Å²) in [5, 5.41) is 2.44. The summed E-state index contributed by atoms with van der Waals surface area (Å²) < 4.78 is 1.67. The highest BCUT2D eigenvalue weighted by Crippen LogP contribution is 2.33. The molecule has 0 spiro atoms. The Morgan fingerprint density at radius 1 is 0.966 bits per heavy atom. The molecule has 0 aliphatic carbocycles. The van der Waals surface area contributed by atoms with E-state index in [9.17, 15) is 14.4 Å². The lowest BCUT2D eigenvalue weighted by molar-refractivity contribution is -0.134. The third kappa shape index (κ3) is 3.90. The van der Waals surface area contributed by atoms with Crippen LogP contribution in [0.4, 0.5) is 0 Å². The van der Waals surface area contributed by atoms with Crippen LogP contribution in [0.3, 0.4) is 0 Å². The smallest absolute Gasteiger partial charge is 0.250 e. The largest absolute Gasteiger partial charge is 0.311 e. The van der Waals surface area contributed by atoms with Crippen molar-refractivity contribution in [2.75, 3.05) is 0 Å². The molecule has 1 fully saturated rings. The number of nitrogens with zero attached hydrogens (tertiary/aromatic N) is 1. The maximum Gasteiger partial charge on any atom is 0.250 e. The Labute approximate surface area is 169 Å². The zero-order valence-corrected chi connectivity index (χ0v) is 16.2. The number of benzene rings is 2. The molecular formula is C24H22N2O3. The van der Waals surface area contributed by atoms with Gasteiger partial charge in [-0.15, -0.1) is 0 Å². The molecule has 1 aromatic heterocycles. The molecule has 146 valence electrons. The average molecular weight is 386 g/mol. The predicted molar refractivity (Wildman–Crippen MR) is 112 cm³/mol. The number of imide groups is 1. The maximum atomic E-state index is 12.3. The van der Waals surface area contributed by atoms with Crippen molar-refractivity contribution >= 4 is 11.8 Å². The Morgan fingerprint density at radius 3 is 2.48 bits per heavy atom. The van der Waals surface area contributed by atoms with Crippen LogP contribution in [-0.4, -0.2) is 16.4 Å². The summed E-state index contributed by atoms with van der Waals surface area (Å²) in [6.45, 7) is 2.54. The van der Waals surface area contributed by atoms with Gasteiger partial charge in [-0.05, 0) is 47.2 Å². The van der Waals surface area contributed by atoms with Crippen molar-refractivity contribution in [2.45, 2.75) is 32.2 Å². The van der Waals surface area contributed by atoms with Crippen molar-refractivity contribution in [3.63, 3.8) is 0 Å². The standard InChI is InChI=1S/C24H22N2O3/c1-16-19(5-4-6-20(16)21-12-13-22(27)25-24(21)29)18-10-8-17(9-11-18)15-26-14-3-2-7-23(26)28/h2-11,14,21H,12-13,15H2,1H3,(H,25,27,29). The van der Waals surface area contributed by atoms with Crippen LogP contribution in [0, 0.1) is 6.92 Å². The number of carbonyl (C=O) groups excluding carboxylic acids is 2. The summed E-state index contributed by atoms with van der Waals surface area (Å²) in [6, 6.07) is 19.2. The van der Waals surface area contributed by atoms with Crippen LogP contribution in [-0.2, 0) is 16.1 Å². The van der Waals surface area contributed by atoms with Gasteiger partial charge < -0.3 is 4.57 Å². The molecule has 4 rings (SSSR count). The molecule has 1 aliphatic heterocycles. The van der Waals surface area contributed by atoms with Crippen LogP contribution in [0.15, 0.2) is 71.7 Å². The lowest BCUT2D eigenvalue weighted by Gasteiger charge is -2.23. The molecule has 1 saturated heterocycles. The van der Waals surface area contributed by atoms with Crippen molar-refractivity contribution in [1.82, 2.24) is 9.88 Å². The van der Waals surface area contributed by atoms with Gasteiger partial charge in [-0.2, -0.15) is 0 Å². The lowest BCUT2D eigenvalue weighted by Crippen LogP contribution is -2.39. The van der Waals surface area contributed by atoms with Gasteiger partial charge in [0.25, 0.3) is 5.56 Å². The predicted octanol–water partition coefficient (Wildman–Crippen LogP) is 3.39. The van der Waals surface area contributed by atoms with Gasteiger partial charge in [-0.1, -0.05) is 48.5 Å². The zero-order chi connectivity index (χ0) is 20.4. The molecule has 5 heteroatoms. The first-order valence-corrected chi connectivity index (χ1v) is 9.71. The molecule has 2 heterocycles. The molecule has 0 bridgehead atoms. The van der Waals surface area contributed by atoms with Gasteiger partial charge in [-0.25, -0.2) is 0 Å². The highest BCUT2D eigenvalue weighted by atomic mass is 16.2. The van der Waals surface area contributed by atoms with Crippen molar-refractivity contribution in [3.8, 4) is 11.1 Å². The topological polar surface area (TPSA) is 68.2 Å². The monoisotopic (exact) mass is 386 g/mol. The van der Waals surface area contributed by atoms with E-state index in [2.05, 4.69) is 5.32 Å². The summed E-state index contributed by atoms with van der Waals surface area (Å²) in [7, 11) is 0. The van der Waals surface area contributed by atoms with E-state index in [1.165, 1.54) is 0 Å². The molecule has 1 unspecified atom stereocenters. The summed E-state index contributed by atoms with van der Waals surface area (Å²) in [6.07, 6.45) is 2.69. The molecular weight excluding hydrogens is 364 g/mol. The van der Waals surface area contributed by atoms with Gasteiger partial charge in [0.2, 0.25) is 11.8 Å². The molecule has 3 aromatic rings. The minimum absolute atomic E-state index is 0.0237. The fraction of sp³-hybridized carbons (Fsp3) is 0.208. The van der Waals surface area contributed by atoms with E-state index in [4.69, 9.17) is 0 Å². The van der Waals surface area contributed by atoms with E-state index in [0.29, 0.717) is 19.4 Å². The van der Waals surface area contributed by atoms with Gasteiger partial charge in [0.05, 0.1) is 12.5 Å². The lowest BCUT2D eigenvalue weighted by atomic mass is 9.85. The van der Waals surface area contributed by atoms with Crippen molar-refractivity contribution in [1.29, 1.82) is 0 Å². The molecule has 1 N–H and O–H groups in total. The van der Waals surface area contributed by atoms with E-state index < -0.39 is 0 Å². The van der Waals surface area contributed by atoms with Gasteiger partial charge in [0, 0.05) is 18.7 Å². The normalized spacial score (nSPS) is 16.5. The van der Waals surface area contributed by atoms with E-state index in [0.717, 1.165) is 27.8 Å². The minimum atomic E-state index is -0.295. The summed E-state index contributed by atoms with van der Waals surface area (Å²) in [5.41, 5.74) is 5.16. The van der Waals surface area contributed by atoms with Crippen LogP contribution in [0.25, 0.3) is 11.1 Å². The summed E-state index contributed by atoms with van der Waals surface area (Å²) >= 11 is 0. The van der Waals surface area contributed by atoms with E-state index in [1.807, 2.05) is 55.5 Å². The van der Waals surface area contributed by atoms with E-state index in [1.54, 1.807) is 22.9 Å². The van der Waals surface area contributed by atoms with Crippen LogP contribution in [0.2, 0.25) is 0 Å². The number of rotatable bonds is 4. The number of hydrogen-bond donors (Lipinski definition) is 1. The molecule has 5 nitrogen and oxygen atoms in total. The first kappa shape index (κ1) is 18.9. The number of pyridine rings is 1. The molecule has 1 atom stereocenters. The van der Waals surface area contributed by atoms with Crippen molar-refractivity contribution < 1.29 is 9.59 Å². The highest BCUT2D eigenvalue weighted by Gasteiger charge is 2.29. The fourth-order valence-electron chi connectivity index (χ4n) is 3.91. The van der Waals surface area contributed by atoms with Gasteiger partial charge in [0.1, 0.15) is 0 Å². The second-order valence-corrected chi connectivity index (χ2v) is 7.39. The first-order chi connectivity index (χ1) is 14.0. The average Bonchev–Trinajstić information content (AvgIpc) is 2.71. The van der Waals surface area contributed by atoms with Crippen LogP contribution >= 0.6 is 0 Å². The van der Waals surface area contributed by atoms with Crippen LogP contribution in [0.5, 0.6) is 0 Å². The highest BCUT2D eigenvalue weighted by molar-refractivity contribution is 6.01. The molecule has 2 amide bonds. The van der Waals surface area contributed by atoms with Gasteiger partial charge >= 0.3 is 0 Å². The number of nitrogens with one attached hydrogen (secondary N) is 1. The van der Waals surface area contributed by atoms with Crippen molar-refractivity contribution in [2.24, 2.45) is 0 Å². The van der Waals surface area contributed by atoms with Crippen LogP contribution < -0.4 is 10.9 Å². The molecule has 2 aromatic carbocycles. The third-order valence-electron chi connectivity index (χ3n) is 5.51. The Morgan fingerprint density at radius 2 is 1.76 bits per heavy atom. The SMILES string of the molecule is Cc1c(-c2ccc(Cn3ccccc3=O)cc2)cccc1C1CCC(=O)NC1=O. The first-order valence-electron chi connectivity index (χ1n) is 9.71. The van der Waals surface area contributed by atoms with E-state index in [-0.39, 0.29) is 23.3 Å². The second kappa shape index (κ2) is 7.87.